The van der Waals surface area contributed by atoms with Crippen LogP contribution in [-0.4, -0.2) is 11.6 Å². The molecule has 3 fully saturated rings. The number of hydrogen-bond donors (Lipinski definition) is 0. The maximum absolute atomic E-state index is 12.3. The van der Waals surface area contributed by atoms with E-state index in [-0.39, 0.29) is 5.41 Å². The number of fused-ring (bicyclic) bond motifs is 5. The quantitative estimate of drug-likeness (QED) is 0.674. The van der Waals surface area contributed by atoms with Crippen LogP contribution in [0, 0.1) is 29.1 Å². The second-order valence-corrected chi connectivity index (χ2v) is 7.72. The highest BCUT2D eigenvalue weighted by atomic mass is 16.1. The zero-order chi connectivity index (χ0) is 13.9. The molecule has 0 amide bonds. The fourth-order valence-corrected chi connectivity index (χ4v) is 5.95. The Morgan fingerprint density at radius 1 is 1.00 bits per heavy atom. The number of Topliss-reactive ketones (excluding diaryl/α,β-unsaturated/α-hetero) is 1. The zero-order valence-electron chi connectivity index (χ0n) is 12.4. The van der Waals surface area contributed by atoms with Crippen molar-refractivity contribution in [2.45, 2.75) is 58.3 Å². The Bertz CT molecular complexity index is 504. The Labute approximate surface area is 121 Å². The zero-order valence-corrected chi connectivity index (χ0v) is 12.4. The Morgan fingerprint density at radius 2 is 1.85 bits per heavy atom. The molecule has 0 aromatic carbocycles. The van der Waals surface area contributed by atoms with Crippen molar-refractivity contribution in [3.05, 3.63) is 11.6 Å². The molecule has 0 heterocycles. The van der Waals surface area contributed by atoms with E-state index in [1.165, 1.54) is 18.4 Å². The molecule has 0 aliphatic heterocycles. The lowest BCUT2D eigenvalue weighted by Gasteiger charge is -2.52. The van der Waals surface area contributed by atoms with Gasteiger partial charge in [-0.3, -0.25) is 9.59 Å². The van der Waals surface area contributed by atoms with Gasteiger partial charge in [0, 0.05) is 18.3 Å². The molecule has 108 valence electrons. The first kappa shape index (κ1) is 12.8. The number of rotatable bonds is 0. The minimum Gasteiger partial charge on any atom is -0.299 e. The van der Waals surface area contributed by atoms with Crippen LogP contribution >= 0.6 is 0 Å². The normalized spacial score (nSPS) is 47.4. The summed E-state index contributed by atoms with van der Waals surface area (Å²) in [5.74, 6) is 3.66. The molecule has 4 aliphatic rings. The molecule has 0 bridgehead atoms. The minimum absolute atomic E-state index is 0.00707. The summed E-state index contributed by atoms with van der Waals surface area (Å²) in [5.41, 5.74) is 1.43. The van der Waals surface area contributed by atoms with Crippen LogP contribution in [0.4, 0.5) is 0 Å². The van der Waals surface area contributed by atoms with E-state index in [1.807, 2.05) is 6.08 Å². The van der Waals surface area contributed by atoms with Gasteiger partial charge in [0.05, 0.1) is 0 Å². The highest BCUT2D eigenvalue weighted by Gasteiger charge is 2.55. The summed E-state index contributed by atoms with van der Waals surface area (Å²) in [6.07, 6.45) is 10.3. The van der Waals surface area contributed by atoms with E-state index in [0.717, 1.165) is 50.4 Å². The van der Waals surface area contributed by atoms with Gasteiger partial charge in [-0.25, -0.2) is 0 Å². The number of carbonyl (C=O) groups is 2. The van der Waals surface area contributed by atoms with Crippen molar-refractivity contribution in [3.63, 3.8) is 0 Å². The van der Waals surface area contributed by atoms with Crippen molar-refractivity contribution in [3.8, 4) is 0 Å². The highest BCUT2D eigenvalue weighted by molar-refractivity contribution is 5.91. The first-order valence-electron chi connectivity index (χ1n) is 8.36. The van der Waals surface area contributed by atoms with Crippen molar-refractivity contribution in [2.24, 2.45) is 29.1 Å². The third kappa shape index (κ3) is 1.63. The van der Waals surface area contributed by atoms with E-state index < -0.39 is 0 Å². The first-order chi connectivity index (χ1) is 9.59. The topological polar surface area (TPSA) is 34.1 Å². The van der Waals surface area contributed by atoms with Crippen molar-refractivity contribution >= 4 is 11.6 Å². The Morgan fingerprint density at radius 3 is 2.70 bits per heavy atom. The van der Waals surface area contributed by atoms with Gasteiger partial charge in [-0.1, -0.05) is 12.5 Å². The number of carbonyl (C=O) groups excluding carboxylic acids is 2. The van der Waals surface area contributed by atoms with Crippen LogP contribution in [0.15, 0.2) is 11.6 Å². The molecule has 2 nitrogen and oxygen atoms in total. The van der Waals surface area contributed by atoms with E-state index >= 15 is 0 Å². The maximum Gasteiger partial charge on any atom is 0.155 e. The Kier molecular flexibility index (Phi) is 2.74. The lowest BCUT2D eigenvalue weighted by molar-refractivity contribution is -0.131. The van der Waals surface area contributed by atoms with Crippen molar-refractivity contribution in [1.29, 1.82) is 0 Å². The van der Waals surface area contributed by atoms with Crippen molar-refractivity contribution in [2.75, 3.05) is 0 Å². The van der Waals surface area contributed by atoms with Gasteiger partial charge in [0.2, 0.25) is 0 Å². The third-order valence-corrected chi connectivity index (χ3v) is 7.01. The summed E-state index contributed by atoms with van der Waals surface area (Å²) in [6, 6.07) is 0. The summed E-state index contributed by atoms with van der Waals surface area (Å²) < 4.78 is 0. The van der Waals surface area contributed by atoms with Gasteiger partial charge in [-0.15, -0.1) is 0 Å². The first-order valence-corrected chi connectivity index (χ1v) is 8.36. The molecular formula is C18H24O2. The van der Waals surface area contributed by atoms with E-state index in [9.17, 15) is 9.59 Å². The highest BCUT2D eigenvalue weighted by Crippen LogP contribution is 2.60. The molecule has 4 aliphatic carbocycles. The maximum atomic E-state index is 12.3. The molecular weight excluding hydrogens is 248 g/mol. The van der Waals surface area contributed by atoms with Gasteiger partial charge < -0.3 is 0 Å². The van der Waals surface area contributed by atoms with Gasteiger partial charge in [-0.05, 0) is 68.3 Å². The molecule has 0 saturated heterocycles. The Balaban J connectivity index is 1.65. The fraction of sp³-hybridized carbons (Fsp3) is 0.778. The van der Waals surface area contributed by atoms with Crippen LogP contribution in [0.1, 0.15) is 58.3 Å². The van der Waals surface area contributed by atoms with Gasteiger partial charge >= 0.3 is 0 Å². The smallest absolute Gasteiger partial charge is 0.155 e. The average Bonchev–Trinajstić information content (AvgIpc) is 2.74. The lowest BCUT2D eigenvalue weighted by atomic mass is 9.52. The molecule has 2 unspecified atom stereocenters. The van der Waals surface area contributed by atoms with Crippen molar-refractivity contribution in [1.82, 2.24) is 0 Å². The summed E-state index contributed by atoms with van der Waals surface area (Å²) in [7, 11) is 0. The number of ketones is 2. The number of hydrogen-bond acceptors (Lipinski definition) is 2. The molecule has 0 spiro atoms. The molecule has 2 heteroatoms. The molecule has 3 saturated carbocycles. The largest absolute Gasteiger partial charge is 0.299 e. The van der Waals surface area contributed by atoms with Crippen LogP contribution < -0.4 is 0 Å². The summed E-state index contributed by atoms with van der Waals surface area (Å²) >= 11 is 0. The molecule has 0 radical (unpaired) electrons. The fourth-order valence-electron chi connectivity index (χ4n) is 5.95. The molecule has 4 rings (SSSR count). The van der Waals surface area contributed by atoms with E-state index in [2.05, 4.69) is 6.92 Å². The third-order valence-electron chi connectivity index (χ3n) is 7.01. The predicted molar refractivity (Wildman–Crippen MR) is 77.1 cm³/mol. The van der Waals surface area contributed by atoms with Gasteiger partial charge in [0.25, 0.3) is 0 Å². The minimum atomic E-state index is -0.00707. The van der Waals surface area contributed by atoms with Crippen LogP contribution in [0.25, 0.3) is 0 Å². The van der Waals surface area contributed by atoms with Crippen LogP contribution in [0.3, 0.4) is 0 Å². The van der Waals surface area contributed by atoms with Gasteiger partial charge in [-0.2, -0.15) is 0 Å². The van der Waals surface area contributed by atoms with Crippen molar-refractivity contribution < 1.29 is 9.59 Å². The molecule has 0 aromatic heterocycles. The monoisotopic (exact) mass is 272 g/mol. The summed E-state index contributed by atoms with van der Waals surface area (Å²) in [4.78, 5) is 23.9. The second-order valence-electron chi connectivity index (χ2n) is 7.72. The van der Waals surface area contributed by atoms with Crippen LogP contribution in [-0.2, 0) is 9.59 Å². The van der Waals surface area contributed by atoms with Gasteiger partial charge in [0.15, 0.2) is 5.78 Å². The second kappa shape index (κ2) is 4.29. The van der Waals surface area contributed by atoms with Gasteiger partial charge in [0.1, 0.15) is 5.78 Å². The Hall–Kier alpha value is -0.920. The molecule has 0 aromatic rings. The standard InChI is InChI=1S/C18H24O2/c1-18-9-8-14-13-5-3-12(19)10-11(13)2-4-15(14)16(18)6-7-17(18)20/h10,13-16H,2-9H2,1H3/t13-,14?,15+,16?,18-/m0/s1. The van der Waals surface area contributed by atoms with Crippen LogP contribution in [0.5, 0.6) is 0 Å². The molecule has 0 N–H and O–H groups in total. The predicted octanol–water partition coefficient (Wildman–Crippen LogP) is 3.70. The van der Waals surface area contributed by atoms with E-state index in [4.69, 9.17) is 0 Å². The summed E-state index contributed by atoms with van der Waals surface area (Å²) in [6.45, 7) is 2.24. The van der Waals surface area contributed by atoms with E-state index in [1.54, 1.807) is 0 Å². The molecule has 5 atom stereocenters. The summed E-state index contributed by atoms with van der Waals surface area (Å²) in [5, 5.41) is 0. The molecule has 20 heavy (non-hydrogen) atoms. The lowest BCUT2D eigenvalue weighted by Crippen LogP contribution is -2.46. The number of allylic oxidation sites excluding steroid dienone is 1. The SMILES string of the molecule is C[C@]12CCC3[C@@H](CCC4=CC(=O)CC[C@@H]43)C1CCC2=O. The van der Waals surface area contributed by atoms with Crippen LogP contribution in [0.2, 0.25) is 0 Å². The van der Waals surface area contributed by atoms with E-state index in [0.29, 0.717) is 23.4 Å². The average molecular weight is 272 g/mol.